The molecule has 0 amide bonds. The highest BCUT2D eigenvalue weighted by Gasteiger charge is 2.04. The minimum Gasteiger partial charge on any atom is -0.389 e. The Labute approximate surface area is 102 Å². The van der Waals surface area contributed by atoms with Crippen LogP contribution in [0.25, 0.3) is 0 Å². The molecule has 0 saturated heterocycles. The average molecular weight is 238 g/mol. The van der Waals surface area contributed by atoms with Crippen LogP contribution in [-0.4, -0.2) is 41.6 Å². The van der Waals surface area contributed by atoms with Gasteiger partial charge >= 0.3 is 0 Å². The third-order valence-electron chi connectivity index (χ3n) is 2.40. The smallest absolute Gasteiger partial charge is 0.136 e. The van der Waals surface area contributed by atoms with Crippen LogP contribution in [0.15, 0.2) is 18.3 Å². The molecular formula is C11H18N4S. The fraction of sp³-hybridized carbons (Fsp3) is 0.455. The van der Waals surface area contributed by atoms with Crippen molar-refractivity contribution in [1.82, 2.24) is 9.88 Å². The maximum Gasteiger partial charge on any atom is 0.136 e. The highest BCUT2D eigenvalue weighted by atomic mass is 32.1. The van der Waals surface area contributed by atoms with Crippen molar-refractivity contribution < 1.29 is 0 Å². The van der Waals surface area contributed by atoms with E-state index in [1.807, 2.05) is 12.1 Å². The van der Waals surface area contributed by atoms with Crippen molar-refractivity contribution in [1.29, 1.82) is 0 Å². The van der Waals surface area contributed by atoms with E-state index in [9.17, 15) is 0 Å². The number of aromatic nitrogens is 1. The van der Waals surface area contributed by atoms with Gasteiger partial charge < -0.3 is 16.0 Å². The van der Waals surface area contributed by atoms with Crippen LogP contribution in [0, 0.1) is 0 Å². The lowest BCUT2D eigenvalue weighted by Crippen LogP contribution is -2.25. The summed E-state index contributed by atoms with van der Waals surface area (Å²) in [6.07, 6.45) is 1.73. The summed E-state index contributed by atoms with van der Waals surface area (Å²) in [5.74, 6) is 0.763. The predicted molar refractivity (Wildman–Crippen MR) is 71.8 cm³/mol. The van der Waals surface area contributed by atoms with Gasteiger partial charge in [0.1, 0.15) is 10.8 Å². The van der Waals surface area contributed by atoms with Crippen LogP contribution < -0.4 is 11.1 Å². The number of thiocarbonyl (C=S) groups is 1. The summed E-state index contributed by atoms with van der Waals surface area (Å²) >= 11 is 4.96. The van der Waals surface area contributed by atoms with Crippen LogP contribution in [0.5, 0.6) is 0 Å². The van der Waals surface area contributed by atoms with Gasteiger partial charge in [-0.3, -0.25) is 0 Å². The summed E-state index contributed by atoms with van der Waals surface area (Å²) in [6.45, 7) is 4.95. The van der Waals surface area contributed by atoms with Crippen molar-refractivity contribution in [3.8, 4) is 0 Å². The molecule has 16 heavy (non-hydrogen) atoms. The van der Waals surface area contributed by atoms with E-state index in [4.69, 9.17) is 18.0 Å². The summed E-state index contributed by atoms with van der Waals surface area (Å²) < 4.78 is 0. The quantitative estimate of drug-likeness (QED) is 0.726. The molecule has 0 aliphatic carbocycles. The fourth-order valence-corrected chi connectivity index (χ4v) is 1.43. The standard InChI is InChI=1S/C11H18N4S/c1-3-15(2)8-7-14-11-9(10(12)16)5-4-6-13-11/h4-6H,3,7-8H2,1-2H3,(H2,12,16)(H,13,14). The summed E-state index contributed by atoms with van der Waals surface area (Å²) in [4.78, 5) is 6.82. The van der Waals surface area contributed by atoms with Crippen LogP contribution in [0.1, 0.15) is 12.5 Å². The zero-order valence-electron chi connectivity index (χ0n) is 9.73. The summed E-state index contributed by atoms with van der Waals surface area (Å²) in [6, 6.07) is 3.71. The second-order valence-electron chi connectivity index (χ2n) is 3.59. The first-order valence-corrected chi connectivity index (χ1v) is 5.73. The van der Waals surface area contributed by atoms with Gasteiger partial charge in [-0.05, 0) is 25.7 Å². The first kappa shape index (κ1) is 12.9. The Kier molecular flexibility index (Phi) is 5.14. The van der Waals surface area contributed by atoms with Gasteiger partial charge in [0.2, 0.25) is 0 Å². The number of hydrogen-bond acceptors (Lipinski definition) is 4. The molecule has 0 spiro atoms. The van der Waals surface area contributed by atoms with Gasteiger partial charge in [0.25, 0.3) is 0 Å². The maximum atomic E-state index is 5.61. The topological polar surface area (TPSA) is 54.2 Å². The molecule has 1 rings (SSSR count). The first-order chi connectivity index (χ1) is 7.65. The van der Waals surface area contributed by atoms with Crippen LogP contribution >= 0.6 is 12.2 Å². The van der Waals surface area contributed by atoms with Crippen LogP contribution in [0.2, 0.25) is 0 Å². The zero-order valence-corrected chi connectivity index (χ0v) is 10.5. The second-order valence-corrected chi connectivity index (χ2v) is 4.03. The van der Waals surface area contributed by atoms with Crippen molar-refractivity contribution in [2.24, 2.45) is 5.73 Å². The normalized spacial score (nSPS) is 10.4. The Morgan fingerprint density at radius 2 is 2.38 bits per heavy atom. The molecule has 0 aromatic carbocycles. The molecule has 4 nitrogen and oxygen atoms in total. The Hall–Kier alpha value is -1.20. The Morgan fingerprint density at radius 3 is 3.00 bits per heavy atom. The number of pyridine rings is 1. The fourth-order valence-electron chi connectivity index (χ4n) is 1.27. The molecule has 0 atom stereocenters. The van der Waals surface area contributed by atoms with E-state index in [1.54, 1.807) is 6.20 Å². The highest BCUT2D eigenvalue weighted by Crippen LogP contribution is 2.10. The van der Waals surface area contributed by atoms with Gasteiger partial charge in [-0.15, -0.1) is 0 Å². The van der Waals surface area contributed by atoms with E-state index in [1.165, 1.54) is 0 Å². The van der Waals surface area contributed by atoms with Crippen LogP contribution in [0.3, 0.4) is 0 Å². The molecule has 88 valence electrons. The summed E-state index contributed by atoms with van der Waals surface area (Å²) in [5.41, 5.74) is 6.42. The van der Waals surface area contributed by atoms with Crippen molar-refractivity contribution in [2.75, 3.05) is 32.0 Å². The third kappa shape index (κ3) is 3.75. The molecule has 0 fully saturated rings. The minimum absolute atomic E-state index is 0.374. The van der Waals surface area contributed by atoms with Gasteiger partial charge in [0.15, 0.2) is 0 Å². The maximum absolute atomic E-state index is 5.61. The summed E-state index contributed by atoms with van der Waals surface area (Å²) in [5, 5.41) is 3.24. The molecule has 1 aromatic rings. The second kappa shape index (κ2) is 6.40. The Bertz CT molecular complexity index is 354. The molecule has 0 aliphatic rings. The van der Waals surface area contributed by atoms with Gasteiger partial charge in [-0.1, -0.05) is 19.1 Å². The molecule has 3 N–H and O–H groups in total. The number of likely N-dealkylation sites (N-methyl/N-ethyl adjacent to an activating group) is 1. The Balaban J connectivity index is 2.56. The highest BCUT2D eigenvalue weighted by molar-refractivity contribution is 7.80. The molecule has 1 aromatic heterocycles. The monoisotopic (exact) mass is 238 g/mol. The molecule has 1 heterocycles. The number of nitrogens with two attached hydrogens (primary N) is 1. The van der Waals surface area contributed by atoms with E-state index in [0.29, 0.717) is 4.99 Å². The van der Waals surface area contributed by atoms with Crippen LogP contribution in [0.4, 0.5) is 5.82 Å². The minimum atomic E-state index is 0.374. The average Bonchev–Trinajstić information content (AvgIpc) is 2.29. The molecule has 0 radical (unpaired) electrons. The van der Waals surface area contributed by atoms with Crippen molar-refractivity contribution >= 4 is 23.0 Å². The van der Waals surface area contributed by atoms with Gasteiger partial charge in [0.05, 0.1) is 5.56 Å². The number of rotatable bonds is 6. The predicted octanol–water partition coefficient (Wildman–Crippen LogP) is 1.08. The van der Waals surface area contributed by atoms with Gasteiger partial charge in [0, 0.05) is 19.3 Å². The molecular weight excluding hydrogens is 220 g/mol. The van der Waals surface area contributed by atoms with E-state index in [-0.39, 0.29) is 0 Å². The van der Waals surface area contributed by atoms with E-state index >= 15 is 0 Å². The van der Waals surface area contributed by atoms with Crippen LogP contribution in [-0.2, 0) is 0 Å². The largest absolute Gasteiger partial charge is 0.389 e. The molecule has 0 unspecified atom stereocenters. The summed E-state index contributed by atoms with van der Waals surface area (Å²) in [7, 11) is 2.08. The number of anilines is 1. The van der Waals surface area contributed by atoms with Crippen molar-refractivity contribution in [3.63, 3.8) is 0 Å². The molecule has 0 saturated carbocycles. The number of nitrogens with one attached hydrogen (secondary N) is 1. The van der Waals surface area contributed by atoms with Gasteiger partial charge in [-0.2, -0.15) is 0 Å². The van der Waals surface area contributed by atoms with Gasteiger partial charge in [-0.25, -0.2) is 4.98 Å². The molecule has 0 bridgehead atoms. The lowest BCUT2D eigenvalue weighted by molar-refractivity contribution is 0.367. The lowest BCUT2D eigenvalue weighted by atomic mass is 10.2. The van der Waals surface area contributed by atoms with E-state index < -0.39 is 0 Å². The van der Waals surface area contributed by atoms with E-state index in [2.05, 4.69) is 29.2 Å². The number of hydrogen-bond donors (Lipinski definition) is 2. The van der Waals surface area contributed by atoms with Crippen molar-refractivity contribution in [2.45, 2.75) is 6.92 Å². The van der Waals surface area contributed by atoms with E-state index in [0.717, 1.165) is 31.0 Å². The lowest BCUT2D eigenvalue weighted by Gasteiger charge is -2.15. The SMILES string of the molecule is CCN(C)CCNc1ncccc1C(N)=S. The molecule has 5 heteroatoms. The molecule has 0 aliphatic heterocycles. The third-order valence-corrected chi connectivity index (χ3v) is 2.62. The Morgan fingerprint density at radius 1 is 1.62 bits per heavy atom. The first-order valence-electron chi connectivity index (χ1n) is 5.32. The zero-order chi connectivity index (χ0) is 12.0. The number of nitrogens with zero attached hydrogens (tertiary/aromatic N) is 2. The van der Waals surface area contributed by atoms with Crippen molar-refractivity contribution in [3.05, 3.63) is 23.9 Å².